The number of piperidine rings is 1. The first kappa shape index (κ1) is 18.0. The van der Waals surface area contributed by atoms with Crippen LogP contribution in [0.3, 0.4) is 0 Å². The van der Waals surface area contributed by atoms with Gasteiger partial charge < -0.3 is 14.7 Å². The van der Waals surface area contributed by atoms with Gasteiger partial charge in [-0.2, -0.15) is 5.26 Å². The molecule has 0 spiro atoms. The second-order valence-electron chi connectivity index (χ2n) is 6.04. The zero-order valence-electron chi connectivity index (χ0n) is 14.2. The topological polar surface area (TPSA) is 73.6 Å². The normalized spacial score (nSPS) is 17.2. The molecule has 1 aromatic carbocycles. The van der Waals surface area contributed by atoms with Crippen LogP contribution in [0.1, 0.15) is 32.3 Å². The maximum absolute atomic E-state index is 12.5. The lowest BCUT2D eigenvalue weighted by Gasteiger charge is -2.33. The minimum atomic E-state index is -0.350. The molecule has 1 heterocycles. The number of likely N-dealkylation sites (tertiary alicyclic amines) is 1. The number of carbonyl (C=O) groups is 1. The van der Waals surface area contributed by atoms with Crippen LogP contribution in [0.2, 0.25) is 0 Å². The van der Waals surface area contributed by atoms with Crippen LogP contribution in [-0.4, -0.2) is 41.7 Å². The number of nitrogens with zero attached hydrogens (tertiary/aromatic N) is 2. The highest BCUT2D eigenvalue weighted by Gasteiger charge is 2.26. The molecular weight excluding hydrogens is 304 g/mol. The molecule has 1 aliphatic heterocycles. The molecule has 1 saturated heterocycles. The van der Waals surface area contributed by atoms with Gasteiger partial charge in [0.2, 0.25) is 0 Å². The van der Waals surface area contributed by atoms with Gasteiger partial charge in [-0.15, -0.1) is 0 Å². The van der Waals surface area contributed by atoms with Crippen molar-refractivity contribution in [3.63, 3.8) is 0 Å². The molecule has 5 nitrogen and oxygen atoms in total. The van der Waals surface area contributed by atoms with Crippen molar-refractivity contribution in [2.24, 2.45) is 5.92 Å². The monoisotopic (exact) mass is 328 g/mol. The lowest BCUT2D eigenvalue weighted by molar-refractivity contribution is -0.128. The van der Waals surface area contributed by atoms with Crippen molar-refractivity contribution in [3.8, 4) is 11.8 Å². The van der Waals surface area contributed by atoms with Crippen LogP contribution in [0.15, 0.2) is 29.8 Å². The van der Waals surface area contributed by atoms with E-state index in [2.05, 4.69) is 0 Å². The molecule has 128 valence electrons. The zero-order chi connectivity index (χ0) is 17.5. The highest BCUT2D eigenvalue weighted by atomic mass is 16.5. The average Bonchev–Trinajstić information content (AvgIpc) is 2.61. The standard InChI is InChI=1S/C19H24N2O3/c1-3-24-18-6-4-15(5-7-18)12-17(13-20)19(23)21-10-8-16(9-11-21)14(2)22/h4-7,12,14,16,22H,3,8-11H2,1-2H3. The third kappa shape index (κ3) is 4.59. The van der Waals surface area contributed by atoms with Crippen molar-refractivity contribution in [2.75, 3.05) is 19.7 Å². The van der Waals surface area contributed by atoms with Crippen LogP contribution in [0.4, 0.5) is 0 Å². The molecule has 0 bridgehead atoms. The molecule has 0 aliphatic carbocycles. The first-order chi connectivity index (χ1) is 11.5. The molecular formula is C19H24N2O3. The van der Waals surface area contributed by atoms with Gasteiger partial charge >= 0.3 is 0 Å². The summed E-state index contributed by atoms with van der Waals surface area (Å²) in [6, 6.07) is 9.31. The molecule has 0 saturated carbocycles. The molecule has 0 radical (unpaired) electrons. The fourth-order valence-corrected chi connectivity index (χ4v) is 2.89. The first-order valence-corrected chi connectivity index (χ1v) is 8.37. The highest BCUT2D eigenvalue weighted by Crippen LogP contribution is 2.22. The van der Waals surface area contributed by atoms with Crippen molar-refractivity contribution in [1.29, 1.82) is 5.26 Å². The molecule has 1 aromatic rings. The molecule has 24 heavy (non-hydrogen) atoms. The van der Waals surface area contributed by atoms with E-state index in [-0.39, 0.29) is 23.5 Å². The number of amides is 1. The van der Waals surface area contributed by atoms with Gasteiger partial charge in [0.25, 0.3) is 5.91 Å². The summed E-state index contributed by atoms with van der Waals surface area (Å²) in [4.78, 5) is 14.2. The Morgan fingerprint density at radius 1 is 1.42 bits per heavy atom. The zero-order valence-corrected chi connectivity index (χ0v) is 14.2. The molecule has 1 N–H and O–H groups in total. The summed E-state index contributed by atoms with van der Waals surface area (Å²) >= 11 is 0. The Labute approximate surface area is 143 Å². The predicted octanol–water partition coefficient (Wildman–Crippen LogP) is 2.61. The van der Waals surface area contributed by atoms with Gasteiger partial charge in [-0.3, -0.25) is 4.79 Å². The quantitative estimate of drug-likeness (QED) is 0.666. The fourth-order valence-electron chi connectivity index (χ4n) is 2.89. The third-order valence-corrected chi connectivity index (χ3v) is 4.36. The Balaban J connectivity index is 2.05. The van der Waals surface area contributed by atoms with E-state index in [1.165, 1.54) is 0 Å². The van der Waals surface area contributed by atoms with E-state index >= 15 is 0 Å². The molecule has 1 unspecified atom stereocenters. The molecule has 1 fully saturated rings. The van der Waals surface area contributed by atoms with Gasteiger partial charge in [-0.1, -0.05) is 12.1 Å². The Bertz CT molecular complexity index is 621. The minimum absolute atomic E-state index is 0.134. The largest absolute Gasteiger partial charge is 0.494 e. The molecule has 5 heteroatoms. The Morgan fingerprint density at radius 3 is 2.54 bits per heavy atom. The van der Waals surface area contributed by atoms with E-state index in [9.17, 15) is 15.2 Å². The fraction of sp³-hybridized carbons (Fsp3) is 0.474. The number of ether oxygens (including phenoxy) is 1. The Morgan fingerprint density at radius 2 is 2.04 bits per heavy atom. The van der Waals surface area contributed by atoms with Crippen LogP contribution < -0.4 is 4.74 Å². The average molecular weight is 328 g/mol. The van der Waals surface area contributed by atoms with E-state index in [0.717, 1.165) is 24.2 Å². The Hall–Kier alpha value is -2.32. The maximum Gasteiger partial charge on any atom is 0.264 e. The number of aliphatic hydroxyl groups is 1. The molecule has 1 atom stereocenters. The summed E-state index contributed by atoms with van der Waals surface area (Å²) in [6.07, 6.45) is 2.80. The van der Waals surface area contributed by atoms with E-state index in [1.807, 2.05) is 37.3 Å². The number of benzene rings is 1. The summed E-state index contributed by atoms with van der Waals surface area (Å²) < 4.78 is 5.38. The Kier molecular flexibility index (Phi) is 6.39. The number of hydrogen-bond donors (Lipinski definition) is 1. The summed E-state index contributed by atoms with van der Waals surface area (Å²) in [5.41, 5.74) is 0.928. The summed E-state index contributed by atoms with van der Waals surface area (Å²) in [6.45, 7) is 5.46. The van der Waals surface area contributed by atoms with E-state index in [0.29, 0.717) is 19.7 Å². The number of hydrogen-bond acceptors (Lipinski definition) is 4. The number of carbonyl (C=O) groups excluding carboxylic acids is 1. The van der Waals surface area contributed by atoms with Gasteiger partial charge in [0.1, 0.15) is 17.4 Å². The van der Waals surface area contributed by atoms with Crippen molar-refractivity contribution >= 4 is 12.0 Å². The number of aliphatic hydroxyl groups excluding tert-OH is 1. The van der Waals surface area contributed by atoms with E-state index in [4.69, 9.17) is 4.74 Å². The van der Waals surface area contributed by atoms with Gasteiger partial charge in [0.05, 0.1) is 12.7 Å². The summed E-state index contributed by atoms with van der Waals surface area (Å²) in [5, 5.41) is 19.0. The van der Waals surface area contributed by atoms with Gasteiger partial charge in [0, 0.05) is 13.1 Å². The summed E-state index contributed by atoms with van der Waals surface area (Å²) in [5.74, 6) is 0.754. The van der Waals surface area contributed by atoms with Crippen molar-refractivity contribution < 1.29 is 14.6 Å². The maximum atomic E-state index is 12.5. The van der Waals surface area contributed by atoms with E-state index < -0.39 is 0 Å². The molecule has 1 amide bonds. The number of nitriles is 1. The number of rotatable bonds is 5. The van der Waals surface area contributed by atoms with Crippen LogP contribution >= 0.6 is 0 Å². The van der Waals surface area contributed by atoms with Crippen molar-refractivity contribution in [3.05, 3.63) is 35.4 Å². The van der Waals surface area contributed by atoms with Crippen LogP contribution in [-0.2, 0) is 4.79 Å². The van der Waals surface area contributed by atoms with Crippen LogP contribution in [0.25, 0.3) is 6.08 Å². The molecule has 0 aromatic heterocycles. The minimum Gasteiger partial charge on any atom is -0.494 e. The smallest absolute Gasteiger partial charge is 0.264 e. The van der Waals surface area contributed by atoms with Crippen LogP contribution in [0, 0.1) is 17.2 Å². The third-order valence-electron chi connectivity index (χ3n) is 4.36. The lowest BCUT2D eigenvalue weighted by atomic mass is 9.92. The van der Waals surface area contributed by atoms with Gasteiger partial charge in [-0.05, 0) is 56.4 Å². The molecule has 2 rings (SSSR count). The van der Waals surface area contributed by atoms with Crippen LogP contribution in [0.5, 0.6) is 5.75 Å². The molecule has 1 aliphatic rings. The van der Waals surface area contributed by atoms with Crippen molar-refractivity contribution in [2.45, 2.75) is 32.8 Å². The summed E-state index contributed by atoms with van der Waals surface area (Å²) in [7, 11) is 0. The second-order valence-corrected chi connectivity index (χ2v) is 6.04. The highest BCUT2D eigenvalue weighted by molar-refractivity contribution is 6.01. The van der Waals surface area contributed by atoms with Crippen molar-refractivity contribution in [1.82, 2.24) is 4.90 Å². The SMILES string of the molecule is CCOc1ccc(C=C(C#N)C(=O)N2CCC(C(C)O)CC2)cc1. The second kappa shape index (κ2) is 8.51. The van der Waals surface area contributed by atoms with Gasteiger partial charge in [0.15, 0.2) is 0 Å². The predicted molar refractivity (Wildman–Crippen MR) is 92.2 cm³/mol. The first-order valence-electron chi connectivity index (χ1n) is 8.37. The lowest BCUT2D eigenvalue weighted by Crippen LogP contribution is -2.41. The van der Waals surface area contributed by atoms with E-state index in [1.54, 1.807) is 17.9 Å². The van der Waals surface area contributed by atoms with Gasteiger partial charge in [-0.25, -0.2) is 0 Å².